The molecule has 0 saturated carbocycles. The molecular weight excluding hydrogens is 258 g/mol. The second-order valence-electron chi connectivity index (χ2n) is 5.58. The molecule has 2 nitrogen and oxygen atoms in total. The largest absolute Gasteiger partial charge is 0.399 e. The fourth-order valence-electron chi connectivity index (χ4n) is 2.50. The first-order valence-corrected chi connectivity index (χ1v) is 6.89. The van der Waals surface area contributed by atoms with Gasteiger partial charge >= 0.3 is 0 Å². The van der Waals surface area contributed by atoms with Crippen LogP contribution < -0.4 is 5.73 Å². The molecule has 0 atom stereocenters. The first-order valence-electron chi connectivity index (χ1n) is 6.89. The van der Waals surface area contributed by atoms with Crippen molar-refractivity contribution in [2.75, 3.05) is 5.73 Å². The molecule has 0 unspecified atom stereocenters. The summed E-state index contributed by atoms with van der Waals surface area (Å²) in [6.07, 6.45) is 3.60. The van der Waals surface area contributed by atoms with Crippen LogP contribution in [0.1, 0.15) is 30.5 Å². The first kappa shape index (κ1) is 15.1. The summed E-state index contributed by atoms with van der Waals surface area (Å²) >= 11 is 0. The van der Waals surface area contributed by atoms with Gasteiger partial charge in [-0.3, -0.25) is 0 Å². The number of benzene rings is 2. The van der Waals surface area contributed by atoms with Crippen molar-refractivity contribution in [3.8, 4) is 11.1 Å². The highest BCUT2D eigenvalue weighted by Crippen LogP contribution is 2.37. The zero-order chi connectivity index (χ0) is 15.6. The van der Waals surface area contributed by atoms with E-state index in [1.807, 2.05) is 36.4 Å². The van der Waals surface area contributed by atoms with Gasteiger partial charge in [0.15, 0.2) is 0 Å². The predicted molar refractivity (Wildman–Crippen MR) is 91.7 cm³/mol. The van der Waals surface area contributed by atoms with Crippen molar-refractivity contribution in [1.29, 1.82) is 0 Å². The van der Waals surface area contributed by atoms with E-state index in [2.05, 4.69) is 13.2 Å². The van der Waals surface area contributed by atoms with Crippen LogP contribution in [0.15, 0.2) is 49.6 Å². The highest BCUT2D eigenvalue weighted by Gasteiger charge is 2.23. The summed E-state index contributed by atoms with van der Waals surface area (Å²) in [5.41, 5.74) is 10.3. The quantitative estimate of drug-likeness (QED) is 0.812. The van der Waals surface area contributed by atoms with Crippen molar-refractivity contribution in [2.24, 2.45) is 0 Å². The predicted octanol–water partition coefficient (Wildman–Crippen LogP) is 4.45. The van der Waals surface area contributed by atoms with E-state index in [-0.39, 0.29) is 0 Å². The standard InChI is InChI=1S/C19H21NO/c1-5-13-9-12-17(19(3,4)21)18(16(13)6-2)14-7-10-15(20)11-8-14/h5-12,21H,1-2,20H2,3-4H3. The topological polar surface area (TPSA) is 46.2 Å². The van der Waals surface area contributed by atoms with Gasteiger partial charge in [0.1, 0.15) is 0 Å². The summed E-state index contributed by atoms with van der Waals surface area (Å²) in [4.78, 5) is 0. The molecule has 0 aliphatic rings. The molecule has 0 aromatic heterocycles. The lowest BCUT2D eigenvalue weighted by Gasteiger charge is -2.24. The van der Waals surface area contributed by atoms with Gasteiger partial charge in [0, 0.05) is 5.69 Å². The Hall–Kier alpha value is -2.32. The van der Waals surface area contributed by atoms with Gasteiger partial charge in [0.2, 0.25) is 0 Å². The molecule has 2 aromatic rings. The van der Waals surface area contributed by atoms with E-state index in [0.717, 1.165) is 27.8 Å². The number of rotatable bonds is 4. The van der Waals surface area contributed by atoms with Crippen molar-refractivity contribution in [3.63, 3.8) is 0 Å². The average molecular weight is 279 g/mol. The Morgan fingerprint density at radius 2 is 1.62 bits per heavy atom. The Bertz CT molecular complexity index is 676. The van der Waals surface area contributed by atoms with Crippen LogP contribution in [0.5, 0.6) is 0 Å². The fraction of sp³-hybridized carbons (Fsp3) is 0.158. The molecule has 3 N–H and O–H groups in total. The number of anilines is 1. The Kier molecular flexibility index (Phi) is 4.01. The molecule has 21 heavy (non-hydrogen) atoms. The molecule has 0 heterocycles. The molecule has 2 aromatic carbocycles. The Morgan fingerprint density at radius 1 is 1.00 bits per heavy atom. The first-order chi connectivity index (χ1) is 9.88. The van der Waals surface area contributed by atoms with Gasteiger partial charge in [-0.2, -0.15) is 0 Å². The average Bonchev–Trinajstić information content (AvgIpc) is 2.45. The van der Waals surface area contributed by atoms with Crippen LogP contribution >= 0.6 is 0 Å². The zero-order valence-corrected chi connectivity index (χ0v) is 12.6. The van der Waals surface area contributed by atoms with Gasteiger partial charge in [-0.15, -0.1) is 0 Å². The summed E-state index contributed by atoms with van der Waals surface area (Å²) in [5, 5.41) is 10.5. The lowest BCUT2D eigenvalue weighted by atomic mass is 9.84. The van der Waals surface area contributed by atoms with Crippen molar-refractivity contribution >= 4 is 17.8 Å². The van der Waals surface area contributed by atoms with E-state index in [1.165, 1.54) is 0 Å². The van der Waals surface area contributed by atoms with Crippen molar-refractivity contribution in [1.82, 2.24) is 0 Å². The Labute approximate surface area is 126 Å². The molecule has 108 valence electrons. The molecular formula is C19H21NO. The van der Waals surface area contributed by atoms with Crippen molar-refractivity contribution < 1.29 is 5.11 Å². The summed E-state index contributed by atoms with van der Waals surface area (Å²) in [7, 11) is 0. The summed E-state index contributed by atoms with van der Waals surface area (Å²) in [6, 6.07) is 11.5. The second-order valence-corrected chi connectivity index (χ2v) is 5.58. The lowest BCUT2D eigenvalue weighted by molar-refractivity contribution is 0.0792. The highest BCUT2D eigenvalue weighted by molar-refractivity contribution is 5.83. The summed E-state index contributed by atoms with van der Waals surface area (Å²) in [5.74, 6) is 0. The van der Waals surface area contributed by atoms with Gasteiger partial charge in [0.25, 0.3) is 0 Å². The molecule has 0 fully saturated rings. The molecule has 0 spiro atoms. The van der Waals surface area contributed by atoms with Crippen molar-refractivity contribution in [3.05, 3.63) is 66.2 Å². The molecule has 0 amide bonds. The van der Waals surface area contributed by atoms with E-state index in [4.69, 9.17) is 5.73 Å². The van der Waals surface area contributed by atoms with E-state index < -0.39 is 5.60 Å². The highest BCUT2D eigenvalue weighted by atomic mass is 16.3. The van der Waals surface area contributed by atoms with Crippen LogP contribution in [0.4, 0.5) is 5.69 Å². The van der Waals surface area contributed by atoms with E-state index in [0.29, 0.717) is 5.69 Å². The Balaban J connectivity index is 2.84. The number of hydrogen-bond donors (Lipinski definition) is 2. The van der Waals surface area contributed by atoms with E-state index in [1.54, 1.807) is 26.0 Å². The van der Waals surface area contributed by atoms with Crippen molar-refractivity contribution in [2.45, 2.75) is 19.4 Å². The fourth-order valence-corrected chi connectivity index (χ4v) is 2.50. The third kappa shape index (κ3) is 2.91. The lowest BCUT2D eigenvalue weighted by Crippen LogP contribution is -2.17. The maximum absolute atomic E-state index is 10.5. The molecule has 0 radical (unpaired) electrons. The molecule has 0 aliphatic carbocycles. The van der Waals surface area contributed by atoms with Crippen LogP contribution in [0.3, 0.4) is 0 Å². The number of nitrogens with two attached hydrogens (primary N) is 1. The van der Waals surface area contributed by atoms with Gasteiger partial charge in [0.05, 0.1) is 5.60 Å². The van der Waals surface area contributed by atoms with E-state index >= 15 is 0 Å². The van der Waals surface area contributed by atoms with Crippen LogP contribution in [-0.2, 0) is 5.60 Å². The van der Waals surface area contributed by atoms with Crippen LogP contribution in [0.25, 0.3) is 23.3 Å². The van der Waals surface area contributed by atoms with Gasteiger partial charge in [-0.1, -0.05) is 49.6 Å². The number of nitrogen functional groups attached to an aromatic ring is 1. The SMILES string of the molecule is C=Cc1ccc(C(C)(C)O)c(-c2ccc(N)cc2)c1C=C. The minimum atomic E-state index is -0.950. The number of hydrogen-bond acceptors (Lipinski definition) is 2. The minimum absolute atomic E-state index is 0.712. The zero-order valence-electron chi connectivity index (χ0n) is 12.6. The molecule has 2 heteroatoms. The normalized spacial score (nSPS) is 11.2. The number of aliphatic hydroxyl groups is 1. The summed E-state index contributed by atoms with van der Waals surface area (Å²) in [6.45, 7) is 11.3. The molecule has 2 rings (SSSR count). The second kappa shape index (κ2) is 5.58. The molecule has 0 bridgehead atoms. The molecule has 0 aliphatic heterocycles. The van der Waals surface area contributed by atoms with Gasteiger partial charge in [-0.25, -0.2) is 0 Å². The molecule has 0 saturated heterocycles. The summed E-state index contributed by atoms with van der Waals surface area (Å²) < 4.78 is 0. The van der Waals surface area contributed by atoms with Crippen LogP contribution in [0.2, 0.25) is 0 Å². The third-order valence-corrected chi connectivity index (χ3v) is 3.56. The smallest absolute Gasteiger partial charge is 0.0846 e. The van der Waals surface area contributed by atoms with Gasteiger partial charge < -0.3 is 10.8 Å². The maximum Gasteiger partial charge on any atom is 0.0846 e. The maximum atomic E-state index is 10.5. The third-order valence-electron chi connectivity index (χ3n) is 3.56. The van der Waals surface area contributed by atoms with Gasteiger partial charge in [-0.05, 0) is 53.8 Å². The Morgan fingerprint density at radius 3 is 2.10 bits per heavy atom. The van der Waals surface area contributed by atoms with Crippen LogP contribution in [0, 0.1) is 0 Å². The minimum Gasteiger partial charge on any atom is -0.399 e. The van der Waals surface area contributed by atoms with E-state index in [9.17, 15) is 5.11 Å². The van der Waals surface area contributed by atoms with Crippen LogP contribution in [-0.4, -0.2) is 5.11 Å². The monoisotopic (exact) mass is 279 g/mol.